The maximum atomic E-state index is 12.5. The first kappa shape index (κ1) is 19.0. The molecule has 0 saturated heterocycles. The molecule has 7 heteroatoms. The van der Waals surface area contributed by atoms with Gasteiger partial charge in [0, 0.05) is 17.6 Å². The van der Waals surface area contributed by atoms with E-state index in [9.17, 15) is 14.7 Å². The third kappa shape index (κ3) is 4.00. The molecule has 1 aliphatic heterocycles. The number of carbonyl (C=O) groups excluding carboxylic acids is 2. The number of hydrogen-bond acceptors (Lipinski definition) is 6. The van der Waals surface area contributed by atoms with Crippen molar-refractivity contribution in [3.63, 3.8) is 0 Å². The number of aliphatic hydroxyl groups excluding tert-OH is 2. The lowest BCUT2D eigenvalue weighted by Crippen LogP contribution is -2.31. The van der Waals surface area contributed by atoms with E-state index in [4.69, 9.17) is 9.84 Å². The van der Waals surface area contributed by atoms with E-state index >= 15 is 0 Å². The highest BCUT2D eigenvalue weighted by atomic mass is 16.5. The standard InChI is InChI=1S/C18H24N2O5/c1-18(2,11-22)12-4-6-13(7-5-12)19-15-14(17(24)25-3)10-20(8-9-21)16(15)23/h4-7,19,21-22H,8-11H2,1-3H3. The summed E-state index contributed by atoms with van der Waals surface area (Å²) in [6, 6.07) is 7.30. The summed E-state index contributed by atoms with van der Waals surface area (Å²) in [5, 5.41) is 21.5. The van der Waals surface area contributed by atoms with Gasteiger partial charge in [0.25, 0.3) is 5.91 Å². The van der Waals surface area contributed by atoms with E-state index in [1.807, 2.05) is 26.0 Å². The number of hydrogen-bond donors (Lipinski definition) is 3. The van der Waals surface area contributed by atoms with E-state index in [-0.39, 0.29) is 48.9 Å². The second kappa shape index (κ2) is 7.67. The molecular formula is C18H24N2O5. The Kier molecular flexibility index (Phi) is 5.81. The number of rotatable bonds is 7. The molecule has 2 rings (SSSR count). The van der Waals surface area contributed by atoms with Gasteiger partial charge in [-0.15, -0.1) is 0 Å². The smallest absolute Gasteiger partial charge is 0.337 e. The Morgan fingerprint density at radius 1 is 1.28 bits per heavy atom. The summed E-state index contributed by atoms with van der Waals surface area (Å²) in [6.07, 6.45) is 0. The van der Waals surface area contributed by atoms with Crippen molar-refractivity contribution in [3.8, 4) is 0 Å². The number of benzene rings is 1. The number of carbonyl (C=O) groups is 2. The number of nitrogens with zero attached hydrogens (tertiary/aromatic N) is 1. The lowest BCUT2D eigenvalue weighted by Gasteiger charge is -2.22. The van der Waals surface area contributed by atoms with Crippen molar-refractivity contribution in [1.82, 2.24) is 4.90 Å². The number of aliphatic hydroxyl groups is 2. The molecule has 1 aromatic rings. The van der Waals surface area contributed by atoms with Gasteiger partial charge in [-0.05, 0) is 17.7 Å². The molecule has 0 atom stereocenters. The van der Waals surface area contributed by atoms with Crippen LogP contribution in [0.4, 0.5) is 5.69 Å². The van der Waals surface area contributed by atoms with Crippen molar-refractivity contribution >= 4 is 17.6 Å². The zero-order valence-corrected chi connectivity index (χ0v) is 14.7. The van der Waals surface area contributed by atoms with Crippen LogP contribution in [0, 0.1) is 0 Å². The van der Waals surface area contributed by atoms with E-state index in [1.54, 1.807) is 12.1 Å². The Bertz CT molecular complexity index is 679. The summed E-state index contributed by atoms with van der Waals surface area (Å²) in [5.74, 6) is -0.927. The number of β-amino-alcohol motifs (C(OH)–C–C–N with tert-alkyl or cyclic N) is 1. The summed E-state index contributed by atoms with van der Waals surface area (Å²) in [7, 11) is 1.26. The van der Waals surface area contributed by atoms with Crippen LogP contribution in [-0.4, -0.2) is 60.4 Å². The molecule has 136 valence electrons. The Morgan fingerprint density at radius 3 is 2.44 bits per heavy atom. The van der Waals surface area contributed by atoms with Gasteiger partial charge in [0.05, 0.1) is 32.4 Å². The van der Waals surface area contributed by atoms with Crippen LogP contribution in [0.5, 0.6) is 0 Å². The van der Waals surface area contributed by atoms with Crippen LogP contribution in [0.1, 0.15) is 19.4 Å². The number of ether oxygens (including phenoxy) is 1. The van der Waals surface area contributed by atoms with Crippen molar-refractivity contribution in [1.29, 1.82) is 0 Å². The zero-order chi connectivity index (χ0) is 18.6. The highest BCUT2D eigenvalue weighted by Crippen LogP contribution is 2.26. The highest BCUT2D eigenvalue weighted by molar-refractivity contribution is 6.08. The summed E-state index contributed by atoms with van der Waals surface area (Å²) < 4.78 is 4.75. The molecule has 7 nitrogen and oxygen atoms in total. The molecule has 3 N–H and O–H groups in total. The van der Waals surface area contributed by atoms with Crippen LogP contribution in [0.15, 0.2) is 35.5 Å². The predicted octanol–water partition coefficient (Wildman–Crippen LogP) is 0.630. The van der Waals surface area contributed by atoms with Crippen LogP contribution < -0.4 is 5.32 Å². The molecule has 0 saturated carbocycles. The third-order valence-electron chi connectivity index (χ3n) is 4.28. The zero-order valence-electron chi connectivity index (χ0n) is 14.7. The molecule has 0 aliphatic carbocycles. The molecule has 25 heavy (non-hydrogen) atoms. The van der Waals surface area contributed by atoms with Gasteiger partial charge in [-0.3, -0.25) is 4.79 Å². The number of nitrogens with one attached hydrogen (secondary N) is 1. The number of methoxy groups -OCH3 is 1. The van der Waals surface area contributed by atoms with Gasteiger partial charge >= 0.3 is 5.97 Å². The fourth-order valence-electron chi connectivity index (χ4n) is 2.59. The van der Waals surface area contributed by atoms with Crippen molar-refractivity contribution in [2.75, 3.05) is 38.7 Å². The fraction of sp³-hybridized carbons (Fsp3) is 0.444. The first-order valence-corrected chi connectivity index (χ1v) is 8.04. The topological polar surface area (TPSA) is 99.1 Å². The van der Waals surface area contributed by atoms with Gasteiger partial charge in [0.1, 0.15) is 5.70 Å². The minimum absolute atomic E-state index is 0.0199. The van der Waals surface area contributed by atoms with Crippen molar-refractivity contribution in [2.45, 2.75) is 19.3 Å². The maximum absolute atomic E-state index is 12.5. The van der Waals surface area contributed by atoms with E-state index in [2.05, 4.69) is 5.32 Å². The Balaban J connectivity index is 2.26. The van der Waals surface area contributed by atoms with Crippen LogP contribution >= 0.6 is 0 Å². The number of amides is 1. The van der Waals surface area contributed by atoms with Gasteiger partial charge in [0.2, 0.25) is 0 Å². The average molecular weight is 348 g/mol. The Labute approximate surface area is 146 Å². The Hall–Kier alpha value is -2.38. The van der Waals surface area contributed by atoms with E-state index in [0.29, 0.717) is 5.69 Å². The SMILES string of the molecule is COC(=O)C1=C(Nc2ccc(C(C)(C)CO)cc2)C(=O)N(CCO)C1. The van der Waals surface area contributed by atoms with Gasteiger partial charge < -0.3 is 25.2 Å². The van der Waals surface area contributed by atoms with E-state index in [1.165, 1.54) is 12.0 Å². The molecule has 0 aromatic heterocycles. The molecule has 0 unspecified atom stereocenters. The van der Waals surface area contributed by atoms with Crippen LogP contribution in [0.2, 0.25) is 0 Å². The normalized spacial score (nSPS) is 14.9. The van der Waals surface area contributed by atoms with E-state index < -0.39 is 5.97 Å². The third-order valence-corrected chi connectivity index (χ3v) is 4.28. The van der Waals surface area contributed by atoms with Crippen LogP contribution in [0.25, 0.3) is 0 Å². The molecule has 1 amide bonds. The van der Waals surface area contributed by atoms with Crippen LogP contribution in [0.3, 0.4) is 0 Å². The molecule has 1 aromatic carbocycles. The number of esters is 1. The van der Waals surface area contributed by atoms with Crippen molar-refractivity contribution < 1.29 is 24.5 Å². The second-order valence-electron chi connectivity index (χ2n) is 6.54. The monoisotopic (exact) mass is 348 g/mol. The molecule has 1 heterocycles. The van der Waals surface area contributed by atoms with Gasteiger partial charge in [-0.2, -0.15) is 0 Å². The molecule has 0 fully saturated rings. The summed E-state index contributed by atoms with van der Waals surface area (Å²) in [6.45, 7) is 3.95. The molecule has 0 bridgehead atoms. The summed E-state index contributed by atoms with van der Waals surface area (Å²) in [5.41, 5.74) is 1.64. The van der Waals surface area contributed by atoms with Gasteiger partial charge in [-0.1, -0.05) is 26.0 Å². The van der Waals surface area contributed by atoms with Gasteiger partial charge in [-0.25, -0.2) is 4.79 Å². The Morgan fingerprint density at radius 2 is 1.92 bits per heavy atom. The highest BCUT2D eigenvalue weighted by Gasteiger charge is 2.34. The minimum atomic E-state index is -0.575. The number of anilines is 1. The lowest BCUT2D eigenvalue weighted by molar-refractivity contribution is -0.136. The molecule has 0 spiro atoms. The molecule has 1 aliphatic rings. The first-order chi connectivity index (χ1) is 11.8. The second-order valence-corrected chi connectivity index (χ2v) is 6.54. The first-order valence-electron chi connectivity index (χ1n) is 8.04. The van der Waals surface area contributed by atoms with Crippen molar-refractivity contribution in [2.24, 2.45) is 0 Å². The largest absolute Gasteiger partial charge is 0.466 e. The molecular weight excluding hydrogens is 324 g/mol. The minimum Gasteiger partial charge on any atom is -0.466 e. The predicted molar refractivity (Wildman–Crippen MR) is 92.9 cm³/mol. The van der Waals surface area contributed by atoms with E-state index in [0.717, 1.165) is 5.56 Å². The maximum Gasteiger partial charge on any atom is 0.337 e. The molecule has 0 radical (unpaired) electrons. The fourth-order valence-corrected chi connectivity index (χ4v) is 2.59. The summed E-state index contributed by atoms with van der Waals surface area (Å²) in [4.78, 5) is 25.8. The van der Waals surface area contributed by atoms with Gasteiger partial charge in [0.15, 0.2) is 0 Å². The lowest BCUT2D eigenvalue weighted by atomic mass is 9.85. The average Bonchev–Trinajstić information content (AvgIpc) is 2.91. The summed E-state index contributed by atoms with van der Waals surface area (Å²) >= 11 is 0. The quantitative estimate of drug-likeness (QED) is 0.625. The van der Waals surface area contributed by atoms with Crippen LogP contribution in [-0.2, 0) is 19.7 Å². The van der Waals surface area contributed by atoms with Crippen molar-refractivity contribution in [3.05, 3.63) is 41.1 Å².